The number of carbonyl (C=O) groups is 13. The first-order valence-electron chi connectivity index (χ1n) is 25.0. The maximum absolute atomic E-state index is 14.2. The van der Waals surface area contributed by atoms with Crippen LogP contribution < -0.4 is 48.7 Å². The van der Waals surface area contributed by atoms with Crippen LogP contribution in [0.4, 0.5) is 0 Å². The van der Waals surface area contributed by atoms with E-state index in [4.69, 9.17) is 11.5 Å². The highest BCUT2D eigenvalue weighted by Gasteiger charge is 2.43. The van der Waals surface area contributed by atoms with Gasteiger partial charge in [-0.2, -0.15) is 0 Å². The van der Waals surface area contributed by atoms with Crippen LogP contribution in [0.5, 0.6) is 5.75 Å². The third-order valence-electron chi connectivity index (χ3n) is 13.4. The first kappa shape index (κ1) is 58.9. The van der Waals surface area contributed by atoms with E-state index in [0.29, 0.717) is 50.6 Å². The molecular formula is C47H67N13O16. The Balaban J connectivity index is 1.11. The summed E-state index contributed by atoms with van der Waals surface area (Å²) in [5.74, 6) is -10.6. The minimum atomic E-state index is -1.63. The standard InChI is InChI=1S/C47H67N13O16/c1-25(53-36(64)21-51-43(71)32-7-3-16-59(32)46(74)33-8-4-14-57(33)39(67)20-48)40(68)56-30(24-61)41(69)50-22-37(65)54-28(18-26-10-12-27(62)13-11-26)44(72)58-15-2-6-31(58)42(70)52-23-38(66)55-29(19-35(49)63)45(73)60-17-5-9-34(60)47(75)76/h10-13,25,28-34,61-62H,2-9,14-24,48H2,1H3,(H2,49,63)(H,50,69)(H,51,71)(H,52,70)(H,53,64)(H,54,65)(H,55,66)(H,56,68)(H,75,76)/t25-,28-,29-,30-,31-,32-,33-,34-/m0/s1. The van der Waals surface area contributed by atoms with Crippen molar-refractivity contribution in [3.63, 3.8) is 0 Å². The maximum Gasteiger partial charge on any atom is 0.326 e. The summed E-state index contributed by atoms with van der Waals surface area (Å²) < 4.78 is 0. The second kappa shape index (κ2) is 27.5. The molecule has 76 heavy (non-hydrogen) atoms. The number of aliphatic hydroxyl groups excluding tert-OH is 1. The van der Waals surface area contributed by atoms with Gasteiger partial charge in [0.2, 0.25) is 70.9 Å². The second-order valence-electron chi connectivity index (χ2n) is 18.8. The Hall–Kier alpha value is -7.95. The third-order valence-corrected chi connectivity index (χ3v) is 13.4. The van der Waals surface area contributed by atoms with Crippen molar-refractivity contribution in [2.24, 2.45) is 11.5 Å². The summed E-state index contributed by atoms with van der Waals surface area (Å²) in [6.45, 7) is -1.25. The summed E-state index contributed by atoms with van der Waals surface area (Å²) in [6, 6.07) is -4.11. The molecular weight excluding hydrogens is 1000 g/mol. The van der Waals surface area contributed by atoms with Crippen LogP contribution in [0.1, 0.15) is 70.3 Å². The normalized spacial score (nSPS) is 20.6. The van der Waals surface area contributed by atoms with Crippen LogP contribution in [0.25, 0.3) is 0 Å². The smallest absolute Gasteiger partial charge is 0.326 e. The van der Waals surface area contributed by atoms with E-state index in [9.17, 15) is 77.6 Å². The number of carbonyl (C=O) groups excluding carboxylic acids is 12. The van der Waals surface area contributed by atoms with Crippen LogP contribution in [-0.4, -0.2) is 219 Å². The van der Waals surface area contributed by atoms with E-state index in [2.05, 4.69) is 37.2 Å². The minimum absolute atomic E-state index is 0.0465. The summed E-state index contributed by atoms with van der Waals surface area (Å²) in [5.41, 5.74) is 11.3. The Morgan fingerprint density at radius 2 is 1.07 bits per heavy atom. The Labute approximate surface area is 435 Å². The monoisotopic (exact) mass is 1070 g/mol. The van der Waals surface area contributed by atoms with Gasteiger partial charge in [0.1, 0.15) is 54.1 Å². The molecule has 4 aliphatic heterocycles. The number of benzene rings is 1. The summed E-state index contributed by atoms with van der Waals surface area (Å²) in [6.07, 6.45) is 2.08. The largest absolute Gasteiger partial charge is 0.508 e. The van der Waals surface area contributed by atoms with Crippen molar-refractivity contribution >= 4 is 76.9 Å². The first-order valence-corrected chi connectivity index (χ1v) is 25.0. The molecule has 1 aromatic carbocycles. The quantitative estimate of drug-likeness (QED) is 0.0458. The van der Waals surface area contributed by atoms with Gasteiger partial charge in [0, 0.05) is 32.6 Å². The zero-order chi connectivity index (χ0) is 55.8. The number of primary amides is 1. The molecule has 0 aliphatic carbocycles. The number of aliphatic carboxylic acids is 1. The van der Waals surface area contributed by atoms with Crippen molar-refractivity contribution < 1.29 is 77.6 Å². The van der Waals surface area contributed by atoms with Crippen molar-refractivity contribution in [2.75, 3.05) is 59.0 Å². The maximum atomic E-state index is 14.2. The lowest BCUT2D eigenvalue weighted by molar-refractivity contribution is -0.149. The van der Waals surface area contributed by atoms with E-state index in [1.54, 1.807) is 0 Å². The van der Waals surface area contributed by atoms with Crippen LogP contribution in [0, 0.1) is 0 Å². The average molecular weight is 1070 g/mol. The molecule has 8 atom stereocenters. The zero-order valence-electron chi connectivity index (χ0n) is 42.0. The molecule has 4 fully saturated rings. The number of carboxylic acid groups (broad SMARTS) is 1. The number of aliphatic hydroxyl groups is 1. The number of rotatable bonds is 24. The molecule has 1 aromatic rings. The van der Waals surface area contributed by atoms with Gasteiger partial charge >= 0.3 is 5.97 Å². The third kappa shape index (κ3) is 15.8. The van der Waals surface area contributed by atoms with Crippen LogP contribution in [0.15, 0.2) is 24.3 Å². The lowest BCUT2D eigenvalue weighted by Crippen LogP contribution is -2.57. The second-order valence-corrected chi connectivity index (χ2v) is 18.8. The van der Waals surface area contributed by atoms with Crippen molar-refractivity contribution in [2.45, 2.75) is 119 Å². The molecule has 4 saturated heterocycles. The molecule has 0 unspecified atom stereocenters. The number of nitrogens with one attached hydrogen (secondary N) is 7. The van der Waals surface area contributed by atoms with E-state index in [0.717, 1.165) is 4.90 Å². The van der Waals surface area contributed by atoms with Gasteiger partial charge in [-0.1, -0.05) is 12.1 Å². The Kier molecular flexibility index (Phi) is 21.4. The number of amides is 12. The van der Waals surface area contributed by atoms with Gasteiger partial charge in [-0.25, -0.2) is 4.79 Å². The van der Waals surface area contributed by atoms with Crippen molar-refractivity contribution in [3.8, 4) is 5.75 Å². The van der Waals surface area contributed by atoms with E-state index in [1.165, 1.54) is 45.9 Å². The molecule has 29 nitrogen and oxygen atoms in total. The van der Waals surface area contributed by atoms with Gasteiger partial charge in [0.05, 0.1) is 39.2 Å². The van der Waals surface area contributed by atoms with Gasteiger partial charge in [-0.05, 0) is 76.0 Å². The number of aromatic hydroxyl groups is 1. The lowest BCUT2D eigenvalue weighted by Gasteiger charge is -2.30. The fourth-order valence-electron chi connectivity index (χ4n) is 9.59. The Morgan fingerprint density at radius 3 is 1.62 bits per heavy atom. The molecule has 4 heterocycles. The Bertz CT molecular complexity index is 2390. The number of carboxylic acids is 1. The van der Waals surface area contributed by atoms with Crippen molar-refractivity contribution in [1.29, 1.82) is 0 Å². The molecule has 0 bridgehead atoms. The fraction of sp³-hybridized carbons (Fsp3) is 0.596. The molecule has 5 rings (SSSR count). The highest BCUT2D eigenvalue weighted by atomic mass is 16.4. The van der Waals surface area contributed by atoms with Gasteiger partial charge < -0.3 is 83.6 Å². The molecule has 0 spiro atoms. The predicted molar refractivity (Wildman–Crippen MR) is 261 cm³/mol. The van der Waals surface area contributed by atoms with Gasteiger partial charge in [0.15, 0.2) is 0 Å². The molecule has 4 aliphatic rings. The molecule has 0 saturated carbocycles. The van der Waals surface area contributed by atoms with Crippen molar-refractivity contribution in [1.82, 2.24) is 56.8 Å². The molecule has 29 heteroatoms. The van der Waals surface area contributed by atoms with Crippen LogP contribution in [0.3, 0.4) is 0 Å². The number of hydrogen-bond donors (Lipinski definition) is 12. The van der Waals surface area contributed by atoms with E-state index in [-0.39, 0.29) is 63.0 Å². The summed E-state index contributed by atoms with van der Waals surface area (Å²) >= 11 is 0. The highest BCUT2D eigenvalue weighted by Crippen LogP contribution is 2.26. The average Bonchev–Trinajstić information content (AvgIpc) is 4.25. The minimum Gasteiger partial charge on any atom is -0.508 e. The highest BCUT2D eigenvalue weighted by molar-refractivity contribution is 5.99. The van der Waals surface area contributed by atoms with Gasteiger partial charge in [0.25, 0.3) is 0 Å². The number of phenols is 1. The SMILES string of the molecule is C[C@H](NC(=O)CNC(=O)[C@@H]1CCCN1C(=O)[C@@H]1CCCN1C(=O)CN)C(=O)N[C@@H](CO)C(=O)NCC(=O)N[C@@H](Cc1ccc(O)cc1)C(=O)N1CCC[C@H]1C(=O)NCC(=O)N[C@@H](CC(N)=O)C(=O)N1CCC[C@H]1C(=O)O. The summed E-state index contributed by atoms with van der Waals surface area (Å²) in [5, 5.41) is 45.9. The first-order chi connectivity index (χ1) is 36.1. The summed E-state index contributed by atoms with van der Waals surface area (Å²) in [4.78, 5) is 173. The van der Waals surface area contributed by atoms with E-state index in [1.807, 2.05) is 0 Å². The van der Waals surface area contributed by atoms with Crippen LogP contribution in [0.2, 0.25) is 0 Å². The van der Waals surface area contributed by atoms with Crippen molar-refractivity contribution in [3.05, 3.63) is 29.8 Å². The zero-order valence-corrected chi connectivity index (χ0v) is 42.0. The molecule has 14 N–H and O–H groups in total. The topological polar surface area (TPSA) is 432 Å². The van der Waals surface area contributed by atoms with Gasteiger partial charge in [-0.15, -0.1) is 0 Å². The molecule has 12 amide bonds. The predicted octanol–water partition coefficient (Wildman–Crippen LogP) is -6.88. The number of phenolic OH excluding ortho intramolecular Hbond substituents is 1. The Morgan fingerprint density at radius 1 is 0.592 bits per heavy atom. The molecule has 0 radical (unpaired) electrons. The van der Waals surface area contributed by atoms with E-state index < -0.39 is 146 Å². The summed E-state index contributed by atoms with van der Waals surface area (Å²) in [7, 11) is 0. The molecule has 0 aromatic heterocycles. The number of hydrogen-bond acceptors (Lipinski definition) is 16. The number of nitrogens with zero attached hydrogens (tertiary/aromatic N) is 4. The lowest BCUT2D eigenvalue weighted by atomic mass is 10.0. The number of likely N-dealkylation sites (tertiary alicyclic amines) is 4. The fourth-order valence-corrected chi connectivity index (χ4v) is 9.59. The van der Waals surface area contributed by atoms with Crippen LogP contribution >= 0.6 is 0 Å². The van der Waals surface area contributed by atoms with E-state index >= 15 is 0 Å². The molecule has 416 valence electrons. The number of nitrogens with two attached hydrogens (primary N) is 2. The van der Waals surface area contributed by atoms with Gasteiger partial charge in [-0.3, -0.25) is 57.5 Å². The van der Waals surface area contributed by atoms with Crippen LogP contribution in [-0.2, 0) is 68.7 Å².